The van der Waals surface area contributed by atoms with Gasteiger partial charge in [0.25, 0.3) is 0 Å². The minimum absolute atomic E-state index is 0.0246. The van der Waals surface area contributed by atoms with Crippen LogP contribution in [-0.2, 0) is 9.47 Å². The number of hydrogen-bond donors (Lipinski definition) is 2. The maximum absolute atomic E-state index is 5.37. The third-order valence-corrected chi connectivity index (χ3v) is 1.91. The van der Waals surface area contributed by atoms with Gasteiger partial charge in [-0.1, -0.05) is 0 Å². The first kappa shape index (κ1) is 16.2. The van der Waals surface area contributed by atoms with E-state index in [1.807, 2.05) is 0 Å². The van der Waals surface area contributed by atoms with Crippen LogP contribution in [0.25, 0.3) is 0 Å². The van der Waals surface area contributed by atoms with Crippen LogP contribution in [0.2, 0.25) is 0 Å². The highest BCUT2D eigenvalue weighted by Crippen LogP contribution is 1.97. The van der Waals surface area contributed by atoms with Crippen molar-refractivity contribution in [2.75, 3.05) is 40.5 Å². The summed E-state index contributed by atoms with van der Waals surface area (Å²) in [5.74, 6) is 0.828. The Kier molecular flexibility index (Phi) is 8.80. The zero-order valence-corrected chi connectivity index (χ0v) is 11.8. The molecule has 0 heterocycles. The molecule has 2 N–H and O–H groups in total. The largest absolute Gasteiger partial charge is 0.382 e. The molecule has 0 saturated carbocycles. The van der Waals surface area contributed by atoms with Crippen molar-refractivity contribution in [3.63, 3.8) is 0 Å². The van der Waals surface area contributed by atoms with E-state index < -0.39 is 0 Å². The number of ether oxygens (including phenoxy) is 2. The number of nitrogens with one attached hydrogen (secondary N) is 2. The molecule has 0 spiro atoms. The van der Waals surface area contributed by atoms with Crippen molar-refractivity contribution in [2.45, 2.75) is 32.7 Å². The Labute approximate surface area is 105 Å². The van der Waals surface area contributed by atoms with Crippen molar-refractivity contribution < 1.29 is 9.47 Å². The summed E-state index contributed by atoms with van der Waals surface area (Å²) in [4.78, 5) is 4.15. The maximum atomic E-state index is 5.37. The van der Waals surface area contributed by atoms with Crippen LogP contribution >= 0.6 is 0 Å². The van der Waals surface area contributed by atoms with Crippen LogP contribution in [0.15, 0.2) is 4.99 Å². The third-order valence-electron chi connectivity index (χ3n) is 1.91. The van der Waals surface area contributed by atoms with E-state index in [-0.39, 0.29) is 5.54 Å². The van der Waals surface area contributed by atoms with Gasteiger partial charge in [0.1, 0.15) is 0 Å². The Morgan fingerprint density at radius 2 is 1.88 bits per heavy atom. The molecule has 5 heteroatoms. The van der Waals surface area contributed by atoms with Gasteiger partial charge in [-0.25, -0.2) is 0 Å². The van der Waals surface area contributed by atoms with Crippen molar-refractivity contribution in [1.29, 1.82) is 0 Å². The number of nitrogens with zero attached hydrogens (tertiary/aromatic N) is 1. The molecule has 0 aliphatic heterocycles. The second kappa shape index (κ2) is 9.24. The second-order valence-corrected chi connectivity index (χ2v) is 4.83. The summed E-state index contributed by atoms with van der Waals surface area (Å²) < 4.78 is 10.3. The van der Waals surface area contributed by atoms with Gasteiger partial charge in [0, 0.05) is 32.8 Å². The lowest BCUT2D eigenvalue weighted by Crippen LogP contribution is -2.47. The number of rotatable bonds is 7. The average molecular weight is 245 g/mol. The Morgan fingerprint density at radius 3 is 2.41 bits per heavy atom. The fourth-order valence-electron chi connectivity index (χ4n) is 1.16. The highest BCUT2D eigenvalue weighted by atomic mass is 16.5. The molecule has 0 atom stereocenters. The van der Waals surface area contributed by atoms with Gasteiger partial charge in [-0.05, 0) is 27.2 Å². The van der Waals surface area contributed by atoms with Crippen molar-refractivity contribution in [1.82, 2.24) is 10.6 Å². The average Bonchev–Trinajstić information content (AvgIpc) is 2.24. The lowest BCUT2D eigenvalue weighted by molar-refractivity contribution is 0.0698. The first-order chi connectivity index (χ1) is 7.99. The van der Waals surface area contributed by atoms with E-state index in [1.54, 1.807) is 14.2 Å². The molecule has 0 aromatic heterocycles. The van der Waals surface area contributed by atoms with Gasteiger partial charge < -0.3 is 20.1 Å². The lowest BCUT2D eigenvalue weighted by atomic mass is 10.1. The molecule has 0 aliphatic carbocycles. The fourth-order valence-corrected chi connectivity index (χ4v) is 1.16. The molecule has 0 aliphatic rings. The number of aliphatic imine (C=N–C) groups is 1. The molecule has 17 heavy (non-hydrogen) atoms. The van der Waals surface area contributed by atoms with Crippen LogP contribution in [0.1, 0.15) is 27.2 Å². The highest BCUT2D eigenvalue weighted by molar-refractivity contribution is 5.80. The van der Waals surface area contributed by atoms with E-state index in [0.717, 1.165) is 25.5 Å². The summed E-state index contributed by atoms with van der Waals surface area (Å²) in [5.41, 5.74) is 0.0246. The predicted octanol–water partition coefficient (Wildman–Crippen LogP) is 1.00. The molecule has 5 nitrogen and oxygen atoms in total. The lowest BCUT2D eigenvalue weighted by Gasteiger charge is -2.23. The molecule has 0 amide bonds. The van der Waals surface area contributed by atoms with Crippen molar-refractivity contribution in [2.24, 2.45) is 4.99 Å². The topological polar surface area (TPSA) is 54.9 Å². The maximum Gasteiger partial charge on any atom is 0.191 e. The first-order valence-corrected chi connectivity index (χ1v) is 6.05. The van der Waals surface area contributed by atoms with Crippen LogP contribution in [-0.4, -0.2) is 52.0 Å². The van der Waals surface area contributed by atoms with Crippen LogP contribution < -0.4 is 10.6 Å². The quantitative estimate of drug-likeness (QED) is 0.399. The molecule has 0 aromatic rings. The fraction of sp³-hybridized carbons (Fsp3) is 0.917. The predicted molar refractivity (Wildman–Crippen MR) is 71.6 cm³/mol. The van der Waals surface area contributed by atoms with Crippen molar-refractivity contribution >= 4 is 5.96 Å². The zero-order valence-electron chi connectivity index (χ0n) is 11.8. The zero-order chi connectivity index (χ0) is 13.1. The summed E-state index contributed by atoms with van der Waals surface area (Å²) in [5, 5.41) is 6.54. The van der Waals surface area contributed by atoms with Crippen LogP contribution in [0, 0.1) is 0 Å². The van der Waals surface area contributed by atoms with E-state index in [4.69, 9.17) is 9.47 Å². The molecule has 0 saturated heterocycles. The summed E-state index contributed by atoms with van der Waals surface area (Å²) in [7, 11) is 3.45. The smallest absolute Gasteiger partial charge is 0.191 e. The van der Waals surface area contributed by atoms with Gasteiger partial charge >= 0.3 is 0 Å². The minimum atomic E-state index is 0.0246. The summed E-state index contributed by atoms with van der Waals surface area (Å²) in [6.45, 7) is 9.22. The normalized spacial score (nSPS) is 12.6. The van der Waals surface area contributed by atoms with E-state index in [0.29, 0.717) is 13.2 Å². The Balaban J connectivity index is 3.52. The van der Waals surface area contributed by atoms with E-state index in [2.05, 4.69) is 36.4 Å². The first-order valence-electron chi connectivity index (χ1n) is 6.05. The summed E-state index contributed by atoms with van der Waals surface area (Å²) in [6, 6.07) is 0. The van der Waals surface area contributed by atoms with Crippen molar-refractivity contribution in [3.05, 3.63) is 0 Å². The standard InChI is InChI=1S/C12H27N3O2/c1-12(2,3)15-11(13-4)14-7-6-8-17-10-9-16-5/h6-10H2,1-5H3,(H2,13,14,15). The monoisotopic (exact) mass is 245 g/mol. The SMILES string of the molecule is CN=C(NCCCOCCOC)NC(C)(C)C. The Morgan fingerprint density at radius 1 is 1.18 bits per heavy atom. The van der Waals surface area contributed by atoms with Crippen molar-refractivity contribution in [3.8, 4) is 0 Å². The van der Waals surface area contributed by atoms with E-state index in [1.165, 1.54) is 0 Å². The minimum Gasteiger partial charge on any atom is -0.382 e. The number of guanidine groups is 1. The molecule has 0 bridgehead atoms. The molecule has 0 aromatic carbocycles. The number of methoxy groups -OCH3 is 1. The van der Waals surface area contributed by atoms with Gasteiger partial charge in [-0.15, -0.1) is 0 Å². The third kappa shape index (κ3) is 11.5. The number of hydrogen-bond acceptors (Lipinski definition) is 3. The van der Waals surface area contributed by atoms with Gasteiger partial charge in [0.05, 0.1) is 13.2 Å². The molecular formula is C12H27N3O2. The molecule has 0 unspecified atom stereocenters. The van der Waals surface area contributed by atoms with Gasteiger partial charge in [-0.3, -0.25) is 4.99 Å². The van der Waals surface area contributed by atoms with Gasteiger partial charge in [0.15, 0.2) is 5.96 Å². The summed E-state index contributed by atoms with van der Waals surface area (Å²) in [6.07, 6.45) is 0.953. The van der Waals surface area contributed by atoms with Crippen LogP contribution in [0.4, 0.5) is 0 Å². The van der Waals surface area contributed by atoms with Crippen LogP contribution in [0.5, 0.6) is 0 Å². The Hall–Kier alpha value is -0.810. The molecule has 0 radical (unpaired) electrons. The summed E-state index contributed by atoms with van der Waals surface area (Å²) >= 11 is 0. The Bertz CT molecular complexity index is 212. The molecular weight excluding hydrogens is 218 g/mol. The molecule has 0 rings (SSSR count). The van der Waals surface area contributed by atoms with E-state index >= 15 is 0 Å². The van der Waals surface area contributed by atoms with Crippen LogP contribution in [0.3, 0.4) is 0 Å². The van der Waals surface area contributed by atoms with E-state index in [9.17, 15) is 0 Å². The van der Waals surface area contributed by atoms with Gasteiger partial charge in [0.2, 0.25) is 0 Å². The molecule has 0 fully saturated rings. The molecule has 102 valence electrons. The highest BCUT2D eigenvalue weighted by Gasteiger charge is 2.10. The van der Waals surface area contributed by atoms with Gasteiger partial charge in [-0.2, -0.15) is 0 Å². The second-order valence-electron chi connectivity index (χ2n) is 4.83.